The van der Waals surface area contributed by atoms with Crippen LogP contribution in [0.3, 0.4) is 0 Å². The Hall–Kier alpha value is -1.56. The lowest BCUT2D eigenvalue weighted by molar-refractivity contribution is 0.571. The highest BCUT2D eigenvalue weighted by molar-refractivity contribution is 5.01. The fraction of sp³-hybridized carbons (Fsp3) is 0.500. The summed E-state index contributed by atoms with van der Waals surface area (Å²) in [4.78, 5) is 0. The Kier molecular flexibility index (Phi) is 18.2. The van der Waals surface area contributed by atoms with E-state index in [0.29, 0.717) is 0 Å². The van der Waals surface area contributed by atoms with Gasteiger partial charge in [0.25, 0.3) is 0 Å². The van der Waals surface area contributed by atoms with Crippen LogP contribution in [0, 0.1) is 5.92 Å². The molecule has 0 spiro atoms. The van der Waals surface area contributed by atoms with Gasteiger partial charge in [-0.2, -0.15) is 0 Å². The van der Waals surface area contributed by atoms with Gasteiger partial charge in [0.05, 0.1) is 0 Å². The number of rotatable bonds is 14. The molecule has 0 amide bonds. The van der Waals surface area contributed by atoms with Gasteiger partial charge in [-0.05, 0) is 50.9 Å². The standard InChI is InChI=1S/C24H38/c1-4-6-7-8-9-10-11-12-13-14-15-16-17-18-19-20-21-22-23-24(3)5-2/h6-7,9-10,12-13,15-16,18-19,21-22,24H,4-5,8,11,14,17,20,23H2,1-3H3/b7-6-,10-9-,13-12-,16-15-,19-18-,22-21-. The van der Waals surface area contributed by atoms with E-state index in [1.54, 1.807) is 0 Å². The minimum Gasteiger partial charge on any atom is -0.0885 e. The summed E-state index contributed by atoms with van der Waals surface area (Å²) < 4.78 is 0. The second-order valence-electron chi connectivity index (χ2n) is 6.16. The predicted octanol–water partition coefficient (Wildman–Crippen LogP) is 8.12. The SMILES string of the molecule is CC/C=C\C/C=C\C/C=C\C/C=C\C/C=C\C/C=C\CC(C)CC. The van der Waals surface area contributed by atoms with Crippen LogP contribution in [0.4, 0.5) is 0 Å². The molecule has 0 heterocycles. The van der Waals surface area contributed by atoms with Gasteiger partial charge in [-0.1, -0.05) is 100 Å². The van der Waals surface area contributed by atoms with Crippen molar-refractivity contribution in [3.05, 3.63) is 72.9 Å². The van der Waals surface area contributed by atoms with E-state index in [4.69, 9.17) is 0 Å². The van der Waals surface area contributed by atoms with Crippen molar-refractivity contribution in [3.8, 4) is 0 Å². The summed E-state index contributed by atoms with van der Waals surface area (Å²) in [5.41, 5.74) is 0. The van der Waals surface area contributed by atoms with Crippen LogP contribution in [0.1, 0.15) is 72.1 Å². The first-order valence-electron chi connectivity index (χ1n) is 9.71. The number of allylic oxidation sites excluding steroid dienone is 12. The monoisotopic (exact) mass is 326 g/mol. The molecule has 1 atom stereocenters. The average Bonchev–Trinajstić information content (AvgIpc) is 2.60. The van der Waals surface area contributed by atoms with Gasteiger partial charge in [0.1, 0.15) is 0 Å². The zero-order valence-corrected chi connectivity index (χ0v) is 16.2. The Morgan fingerprint density at radius 1 is 0.500 bits per heavy atom. The minimum absolute atomic E-state index is 0.814. The van der Waals surface area contributed by atoms with Gasteiger partial charge in [0, 0.05) is 0 Å². The fourth-order valence-electron chi connectivity index (χ4n) is 2.02. The van der Waals surface area contributed by atoms with Gasteiger partial charge in [-0.15, -0.1) is 0 Å². The largest absolute Gasteiger partial charge is 0.0885 e. The Labute approximate surface area is 151 Å². The molecular weight excluding hydrogens is 288 g/mol. The summed E-state index contributed by atoms with van der Waals surface area (Å²) in [7, 11) is 0. The Morgan fingerprint density at radius 3 is 1.17 bits per heavy atom. The van der Waals surface area contributed by atoms with E-state index in [1.807, 2.05) is 0 Å². The summed E-state index contributed by atoms with van der Waals surface area (Å²) in [6.45, 7) is 6.72. The second-order valence-corrected chi connectivity index (χ2v) is 6.16. The molecule has 0 aliphatic carbocycles. The van der Waals surface area contributed by atoms with Gasteiger partial charge in [-0.25, -0.2) is 0 Å². The van der Waals surface area contributed by atoms with Crippen LogP contribution in [-0.4, -0.2) is 0 Å². The van der Waals surface area contributed by atoms with Crippen molar-refractivity contribution in [2.45, 2.75) is 72.1 Å². The first-order chi connectivity index (χ1) is 11.8. The van der Waals surface area contributed by atoms with E-state index >= 15 is 0 Å². The van der Waals surface area contributed by atoms with Crippen LogP contribution in [-0.2, 0) is 0 Å². The third-order valence-corrected chi connectivity index (χ3v) is 3.83. The summed E-state index contributed by atoms with van der Waals surface area (Å²) in [6.07, 6.45) is 35.8. The molecule has 0 N–H and O–H groups in total. The van der Waals surface area contributed by atoms with Crippen molar-refractivity contribution < 1.29 is 0 Å². The maximum absolute atomic E-state index is 2.31. The lowest BCUT2D eigenvalue weighted by atomic mass is 10.1. The van der Waals surface area contributed by atoms with E-state index < -0.39 is 0 Å². The fourth-order valence-corrected chi connectivity index (χ4v) is 2.02. The Morgan fingerprint density at radius 2 is 0.833 bits per heavy atom. The maximum atomic E-state index is 2.31. The lowest BCUT2D eigenvalue weighted by Crippen LogP contribution is -1.87. The molecule has 0 rings (SSSR count). The number of hydrogen-bond acceptors (Lipinski definition) is 0. The molecule has 0 aromatic carbocycles. The van der Waals surface area contributed by atoms with Crippen molar-refractivity contribution in [2.24, 2.45) is 5.92 Å². The summed E-state index contributed by atoms with van der Waals surface area (Å²) >= 11 is 0. The average molecular weight is 327 g/mol. The highest BCUT2D eigenvalue weighted by atomic mass is 14.0. The first kappa shape index (κ1) is 22.4. The molecule has 0 saturated carbocycles. The minimum atomic E-state index is 0.814. The van der Waals surface area contributed by atoms with Crippen LogP contribution >= 0.6 is 0 Å². The van der Waals surface area contributed by atoms with Crippen LogP contribution in [0.5, 0.6) is 0 Å². The van der Waals surface area contributed by atoms with E-state index in [0.717, 1.165) is 44.4 Å². The first-order valence-corrected chi connectivity index (χ1v) is 9.71. The lowest BCUT2D eigenvalue weighted by Gasteiger charge is -2.01. The van der Waals surface area contributed by atoms with Gasteiger partial charge in [0.15, 0.2) is 0 Å². The highest BCUT2D eigenvalue weighted by Crippen LogP contribution is 2.07. The van der Waals surface area contributed by atoms with Crippen molar-refractivity contribution in [3.63, 3.8) is 0 Å². The molecule has 1 unspecified atom stereocenters. The van der Waals surface area contributed by atoms with Crippen molar-refractivity contribution in [2.75, 3.05) is 0 Å². The van der Waals surface area contributed by atoms with Crippen LogP contribution < -0.4 is 0 Å². The summed E-state index contributed by atoms with van der Waals surface area (Å²) in [5, 5.41) is 0. The Balaban J connectivity index is 3.53. The molecule has 0 heteroatoms. The van der Waals surface area contributed by atoms with Gasteiger partial charge < -0.3 is 0 Å². The van der Waals surface area contributed by atoms with E-state index in [2.05, 4.69) is 93.7 Å². The maximum Gasteiger partial charge on any atom is -0.0169 e. The third-order valence-electron chi connectivity index (χ3n) is 3.83. The highest BCUT2D eigenvalue weighted by Gasteiger charge is 1.92. The van der Waals surface area contributed by atoms with Crippen LogP contribution in [0.15, 0.2) is 72.9 Å². The molecule has 0 aromatic rings. The molecule has 0 aliphatic rings. The summed E-state index contributed by atoms with van der Waals surface area (Å²) in [5.74, 6) is 0.814. The van der Waals surface area contributed by atoms with Gasteiger partial charge >= 0.3 is 0 Å². The number of hydrogen-bond donors (Lipinski definition) is 0. The predicted molar refractivity (Wildman–Crippen MR) is 112 cm³/mol. The molecule has 0 saturated heterocycles. The quantitative estimate of drug-likeness (QED) is 0.283. The van der Waals surface area contributed by atoms with E-state index in [1.165, 1.54) is 12.8 Å². The molecule has 0 aliphatic heterocycles. The molecule has 0 nitrogen and oxygen atoms in total. The van der Waals surface area contributed by atoms with Crippen LogP contribution in [0.25, 0.3) is 0 Å². The molecule has 0 aromatic heterocycles. The van der Waals surface area contributed by atoms with E-state index in [-0.39, 0.29) is 0 Å². The normalized spacial score (nSPS) is 14.6. The smallest absolute Gasteiger partial charge is 0.0169 e. The van der Waals surface area contributed by atoms with Crippen molar-refractivity contribution in [1.29, 1.82) is 0 Å². The van der Waals surface area contributed by atoms with Crippen LogP contribution in [0.2, 0.25) is 0 Å². The zero-order chi connectivity index (χ0) is 17.7. The second kappa shape index (κ2) is 19.5. The van der Waals surface area contributed by atoms with Gasteiger partial charge in [-0.3, -0.25) is 0 Å². The zero-order valence-electron chi connectivity index (χ0n) is 16.2. The molecule has 0 bridgehead atoms. The molecule has 24 heavy (non-hydrogen) atoms. The van der Waals surface area contributed by atoms with Gasteiger partial charge in [0.2, 0.25) is 0 Å². The summed E-state index contributed by atoms with van der Waals surface area (Å²) in [6, 6.07) is 0. The van der Waals surface area contributed by atoms with Crippen molar-refractivity contribution in [1.82, 2.24) is 0 Å². The van der Waals surface area contributed by atoms with E-state index in [9.17, 15) is 0 Å². The molecule has 134 valence electrons. The third kappa shape index (κ3) is 18.5. The molecule has 0 fully saturated rings. The van der Waals surface area contributed by atoms with Crippen molar-refractivity contribution >= 4 is 0 Å². The topological polar surface area (TPSA) is 0 Å². The molecular formula is C24H38. The Bertz CT molecular complexity index is 415. The molecule has 0 radical (unpaired) electrons.